The highest BCUT2D eigenvalue weighted by atomic mass is 35.5. The summed E-state index contributed by atoms with van der Waals surface area (Å²) in [7, 11) is 1.55. The van der Waals surface area contributed by atoms with Gasteiger partial charge in [0.25, 0.3) is 0 Å². The van der Waals surface area contributed by atoms with Crippen LogP contribution in [0.15, 0.2) is 36.4 Å². The summed E-state index contributed by atoms with van der Waals surface area (Å²) in [6.45, 7) is 1.93. The Bertz CT molecular complexity index is 673. The Labute approximate surface area is 127 Å². The maximum atomic E-state index is 13.6. The second-order valence-corrected chi connectivity index (χ2v) is 5.10. The van der Waals surface area contributed by atoms with Crippen molar-refractivity contribution in [2.24, 2.45) is 0 Å². The van der Waals surface area contributed by atoms with E-state index < -0.39 is 5.82 Å². The number of amides is 1. The van der Waals surface area contributed by atoms with Gasteiger partial charge in [-0.05, 0) is 31.2 Å². The second-order valence-electron chi connectivity index (χ2n) is 4.66. The number of hydrogen-bond donors (Lipinski definition) is 1. The van der Waals surface area contributed by atoms with Crippen molar-refractivity contribution in [2.45, 2.75) is 13.3 Å². The smallest absolute Gasteiger partial charge is 0.229 e. The zero-order valence-electron chi connectivity index (χ0n) is 11.7. The molecule has 2 aromatic carbocycles. The quantitative estimate of drug-likeness (QED) is 0.928. The van der Waals surface area contributed by atoms with Crippen LogP contribution in [0.5, 0.6) is 5.75 Å². The predicted octanol–water partition coefficient (Wildman–Crippen LogP) is 3.98. The minimum atomic E-state index is -0.563. The van der Waals surface area contributed by atoms with Crippen LogP contribution in [0.25, 0.3) is 0 Å². The van der Waals surface area contributed by atoms with Crippen molar-refractivity contribution in [1.29, 1.82) is 0 Å². The Hall–Kier alpha value is -2.07. The largest absolute Gasteiger partial charge is 0.496 e. The lowest BCUT2D eigenvalue weighted by atomic mass is 10.1. The van der Waals surface area contributed by atoms with Gasteiger partial charge in [0.2, 0.25) is 5.91 Å². The fourth-order valence-electron chi connectivity index (χ4n) is 2.00. The molecule has 0 aromatic heterocycles. The zero-order valence-corrected chi connectivity index (χ0v) is 12.5. The van der Waals surface area contributed by atoms with Crippen LogP contribution in [-0.2, 0) is 11.2 Å². The van der Waals surface area contributed by atoms with Crippen LogP contribution in [0.1, 0.15) is 11.1 Å². The van der Waals surface area contributed by atoms with Crippen molar-refractivity contribution >= 4 is 23.2 Å². The van der Waals surface area contributed by atoms with Crippen LogP contribution in [0, 0.1) is 12.7 Å². The molecule has 110 valence electrons. The summed E-state index contributed by atoms with van der Waals surface area (Å²) in [4.78, 5) is 12.0. The third-order valence-corrected chi connectivity index (χ3v) is 3.23. The van der Waals surface area contributed by atoms with E-state index in [0.717, 1.165) is 17.2 Å². The van der Waals surface area contributed by atoms with Gasteiger partial charge in [-0.15, -0.1) is 0 Å². The number of halogens is 2. The Morgan fingerprint density at radius 2 is 2.05 bits per heavy atom. The van der Waals surface area contributed by atoms with E-state index in [9.17, 15) is 9.18 Å². The van der Waals surface area contributed by atoms with Crippen LogP contribution in [0.4, 0.5) is 10.1 Å². The summed E-state index contributed by atoms with van der Waals surface area (Å²) >= 11 is 5.67. The molecule has 0 aliphatic rings. The van der Waals surface area contributed by atoms with Crippen molar-refractivity contribution in [2.75, 3.05) is 12.4 Å². The molecule has 2 aromatic rings. The van der Waals surface area contributed by atoms with Gasteiger partial charge in [0.15, 0.2) is 0 Å². The van der Waals surface area contributed by atoms with E-state index in [1.54, 1.807) is 13.2 Å². The van der Waals surface area contributed by atoms with Gasteiger partial charge >= 0.3 is 0 Å². The van der Waals surface area contributed by atoms with Gasteiger partial charge in [-0.25, -0.2) is 4.39 Å². The lowest BCUT2D eigenvalue weighted by Crippen LogP contribution is -2.16. The molecule has 0 radical (unpaired) electrons. The van der Waals surface area contributed by atoms with Gasteiger partial charge in [0, 0.05) is 10.6 Å². The summed E-state index contributed by atoms with van der Waals surface area (Å²) in [5.41, 5.74) is 1.89. The van der Waals surface area contributed by atoms with Gasteiger partial charge < -0.3 is 10.1 Å². The highest BCUT2D eigenvalue weighted by Gasteiger charge is 2.11. The number of nitrogens with one attached hydrogen (secondary N) is 1. The average Bonchev–Trinajstić information content (AvgIpc) is 2.42. The van der Waals surface area contributed by atoms with E-state index in [-0.39, 0.29) is 23.0 Å². The third-order valence-electron chi connectivity index (χ3n) is 2.99. The number of aryl methyl sites for hydroxylation is 1. The molecule has 1 amide bonds. The van der Waals surface area contributed by atoms with Crippen molar-refractivity contribution in [3.05, 3.63) is 58.4 Å². The molecule has 0 aliphatic carbocycles. The van der Waals surface area contributed by atoms with Crippen molar-refractivity contribution in [3.63, 3.8) is 0 Å². The molecule has 0 saturated heterocycles. The lowest BCUT2D eigenvalue weighted by Gasteiger charge is -2.10. The molecule has 2 rings (SSSR count). The Balaban J connectivity index is 2.13. The van der Waals surface area contributed by atoms with Gasteiger partial charge in [0.05, 0.1) is 19.2 Å². The second kappa shape index (κ2) is 6.59. The molecule has 0 unspecified atom stereocenters. The van der Waals surface area contributed by atoms with Crippen LogP contribution < -0.4 is 10.1 Å². The average molecular weight is 308 g/mol. The lowest BCUT2D eigenvalue weighted by molar-refractivity contribution is -0.115. The summed E-state index contributed by atoms with van der Waals surface area (Å²) < 4.78 is 18.9. The van der Waals surface area contributed by atoms with E-state index in [1.165, 1.54) is 12.1 Å². The normalized spacial score (nSPS) is 10.3. The molecule has 5 heteroatoms. The molecule has 1 N–H and O–H groups in total. The first-order valence-corrected chi connectivity index (χ1v) is 6.76. The van der Waals surface area contributed by atoms with Crippen LogP contribution >= 0.6 is 11.6 Å². The molecule has 21 heavy (non-hydrogen) atoms. The molecule has 3 nitrogen and oxygen atoms in total. The van der Waals surface area contributed by atoms with Crippen LogP contribution in [0.3, 0.4) is 0 Å². The number of carbonyl (C=O) groups is 1. The standard InChI is InChI=1S/C16H15ClFNO2/c1-10-3-6-15(21-2)11(7-10)8-16(20)19-14-5-4-12(17)9-13(14)18/h3-7,9H,8H2,1-2H3,(H,19,20). The van der Waals surface area contributed by atoms with E-state index in [0.29, 0.717) is 5.75 Å². The monoisotopic (exact) mass is 307 g/mol. The van der Waals surface area contributed by atoms with Crippen molar-refractivity contribution in [3.8, 4) is 5.75 Å². The maximum absolute atomic E-state index is 13.6. The minimum Gasteiger partial charge on any atom is -0.496 e. The predicted molar refractivity (Wildman–Crippen MR) is 81.5 cm³/mol. The van der Waals surface area contributed by atoms with Crippen LogP contribution in [-0.4, -0.2) is 13.0 Å². The third kappa shape index (κ3) is 3.95. The number of rotatable bonds is 4. The number of carbonyl (C=O) groups excluding carboxylic acids is 1. The molecule has 0 aliphatic heterocycles. The number of benzene rings is 2. The summed E-state index contributed by atoms with van der Waals surface area (Å²) in [5, 5.41) is 2.81. The Morgan fingerprint density at radius 1 is 1.29 bits per heavy atom. The molecule has 0 spiro atoms. The number of methoxy groups -OCH3 is 1. The van der Waals surface area contributed by atoms with Gasteiger partial charge in [-0.2, -0.15) is 0 Å². The zero-order chi connectivity index (χ0) is 15.4. The Morgan fingerprint density at radius 3 is 2.71 bits per heavy atom. The van der Waals surface area contributed by atoms with Crippen molar-refractivity contribution < 1.29 is 13.9 Å². The number of ether oxygens (including phenoxy) is 1. The van der Waals surface area contributed by atoms with Gasteiger partial charge in [0.1, 0.15) is 11.6 Å². The maximum Gasteiger partial charge on any atom is 0.229 e. The first-order valence-electron chi connectivity index (χ1n) is 6.38. The molecule has 0 fully saturated rings. The highest BCUT2D eigenvalue weighted by molar-refractivity contribution is 6.30. The molecule has 0 heterocycles. The first kappa shape index (κ1) is 15.3. The highest BCUT2D eigenvalue weighted by Crippen LogP contribution is 2.22. The van der Waals surface area contributed by atoms with E-state index in [2.05, 4.69) is 5.32 Å². The van der Waals surface area contributed by atoms with Gasteiger partial charge in [-0.3, -0.25) is 4.79 Å². The number of anilines is 1. The van der Waals surface area contributed by atoms with E-state index in [4.69, 9.17) is 16.3 Å². The number of hydrogen-bond acceptors (Lipinski definition) is 2. The SMILES string of the molecule is COc1ccc(C)cc1CC(=O)Nc1ccc(Cl)cc1F. The molecule has 0 saturated carbocycles. The van der Waals surface area contributed by atoms with E-state index >= 15 is 0 Å². The van der Waals surface area contributed by atoms with Gasteiger partial charge in [-0.1, -0.05) is 29.3 Å². The molecular formula is C16H15ClFNO2. The van der Waals surface area contributed by atoms with E-state index in [1.807, 2.05) is 19.1 Å². The minimum absolute atomic E-state index is 0.104. The molecule has 0 bridgehead atoms. The molecular weight excluding hydrogens is 293 g/mol. The summed E-state index contributed by atoms with van der Waals surface area (Å²) in [6.07, 6.45) is 0.104. The Kier molecular flexibility index (Phi) is 4.81. The first-order chi connectivity index (χ1) is 9.99. The fourth-order valence-corrected chi connectivity index (χ4v) is 2.16. The molecule has 0 atom stereocenters. The topological polar surface area (TPSA) is 38.3 Å². The summed E-state index contributed by atoms with van der Waals surface area (Å²) in [5.74, 6) is -0.250. The van der Waals surface area contributed by atoms with Crippen molar-refractivity contribution in [1.82, 2.24) is 0 Å². The van der Waals surface area contributed by atoms with Crippen LogP contribution in [0.2, 0.25) is 5.02 Å². The summed E-state index contributed by atoms with van der Waals surface area (Å²) in [6, 6.07) is 9.69. The fraction of sp³-hybridized carbons (Fsp3) is 0.188.